The molecule has 2 N–H and O–H groups in total. The van der Waals surface area contributed by atoms with Crippen molar-refractivity contribution in [1.82, 2.24) is 5.32 Å². The molecule has 4 nitrogen and oxygen atoms in total. The normalized spacial score (nSPS) is 13.7. The molecule has 0 fully saturated rings. The van der Waals surface area contributed by atoms with Crippen molar-refractivity contribution in [3.05, 3.63) is 29.8 Å². The topological polar surface area (TPSA) is 58.6 Å². The van der Waals surface area contributed by atoms with Gasteiger partial charge in [0.15, 0.2) is 0 Å². The number of amides is 1. The Balaban J connectivity index is 2.38. The quantitative estimate of drug-likeness (QED) is 0.801. The van der Waals surface area contributed by atoms with E-state index >= 15 is 0 Å². The third kappa shape index (κ3) is 5.53. The van der Waals surface area contributed by atoms with E-state index < -0.39 is 6.10 Å². The van der Waals surface area contributed by atoms with Crippen LogP contribution < -0.4 is 10.1 Å². The van der Waals surface area contributed by atoms with E-state index in [1.807, 2.05) is 31.2 Å². The Kier molecular flexibility index (Phi) is 6.73. The molecular weight excluding hydrogens is 262 g/mol. The first-order chi connectivity index (χ1) is 9.04. The number of hydrogen-bond donors (Lipinski definition) is 2. The van der Waals surface area contributed by atoms with Gasteiger partial charge in [0.25, 0.3) is 0 Å². The molecule has 1 rings (SSSR count). The summed E-state index contributed by atoms with van der Waals surface area (Å²) in [4.78, 5) is 11.7. The summed E-state index contributed by atoms with van der Waals surface area (Å²) in [6.45, 7) is 4.08. The monoisotopic (exact) mass is 283 g/mol. The molecule has 5 heteroatoms. The highest BCUT2D eigenvalue weighted by molar-refractivity contribution is 8.00. The Morgan fingerprint density at radius 3 is 2.74 bits per heavy atom. The Morgan fingerprint density at radius 2 is 2.11 bits per heavy atom. The van der Waals surface area contributed by atoms with Crippen LogP contribution in [0.4, 0.5) is 0 Å². The van der Waals surface area contributed by atoms with Gasteiger partial charge in [-0.15, -0.1) is 11.8 Å². The van der Waals surface area contributed by atoms with Gasteiger partial charge in [0, 0.05) is 17.4 Å². The average Bonchev–Trinajstić information content (AvgIpc) is 2.42. The predicted molar refractivity (Wildman–Crippen MR) is 78.4 cm³/mol. The highest BCUT2D eigenvalue weighted by Gasteiger charge is 2.12. The molecule has 106 valence electrons. The van der Waals surface area contributed by atoms with Crippen molar-refractivity contribution >= 4 is 17.7 Å². The van der Waals surface area contributed by atoms with Crippen molar-refractivity contribution in [1.29, 1.82) is 0 Å². The Bertz CT molecular complexity index is 409. The van der Waals surface area contributed by atoms with Gasteiger partial charge in [0.2, 0.25) is 5.91 Å². The van der Waals surface area contributed by atoms with Crippen LogP contribution in [0.5, 0.6) is 5.75 Å². The zero-order valence-corrected chi connectivity index (χ0v) is 12.4. The van der Waals surface area contributed by atoms with Gasteiger partial charge in [-0.05, 0) is 13.0 Å². The molecular formula is C14H21NO3S. The number of methoxy groups -OCH3 is 1. The number of nitrogens with one attached hydrogen (secondary N) is 1. The minimum atomic E-state index is -0.410. The van der Waals surface area contributed by atoms with Crippen molar-refractivity contribution < 1.29 is 14.6 Å². The lowest BCUT2D eigenvalue weighted by Crippen LogP contribution is -2.27. The minimum absolute atomic E-state index is 0.0385. The highest BCUT2D eigenvalue weighted by Crippen LogP contribution is 2.17. The van der Waals surface area contributed by atoms with Gasteiger partial charge >= 0.3 is 0 Å². The van der Waals surface area contributed by atoms with Crippen molar-refractivity contribution in [2.75, 3.05) is 12.9 Å². The van der Waals surface area contributed by atoms with Gasteiger partial charge in [0.1, 0.15) is 5.75 Å². The lowest BCUT2D eigenvalue weighted by molar-refractivity contribution is -0.118. The van der Waals surface area contributed by atoms with Crippen molar-refractivity contribution in [2.24, 2.45) is 0 Å². The van der Waals surface area contributed by atoms with Crippen LogP contribution >= 0.6 is 11.8 Å². The first-order valence-electron chi connectivity index (χ1n) is 6.23. The van der Waals surface area contributed by atoms with Crippen molar-refractivity contribution in [3.63, 3.8) is 0 Å². The number of aliphatic hydroxyl groups is 1. The Hall–Kier alpha value is -1.20. The zero-order chi connectivity index (χ0) is 14.3. The average molecular weight is 283 g/mol. The molecule has 19 heavy (non-hydrogen) atoms. The zero-order valence-electron chi connectivity index (χ0n) is 11.6. The summed E-state index contributed by atoms with van der Waals surface area (Å²) in [6, 6.07) is 7.59. The van der Waals surface area contributed by atoms with Gasteiger partial charge in [0.05, 0.1) is 19.0 Å². The molecule has 0 aliphatic heterocycles. The molecule has 0 aliphatic carbocycles. The van der Waals surface area contributed by atoms with Crippen LogP contribution in [-0.4, -0.2) is 35.2 Å². The smallest absolute Gasteiger partial charge is 0.230 e. The van der Waals surface area contributed by atoms with Crippen LogP contribution in [0, 0.1) is 0 Å². The van der Waals surface area contributed by atoms with E-state index in [0.717, 1.165) is 11.3 Å². The van der Waals surface area contributed by atoms with E-state index in [9.17, 15) is 9.90 Å². The second-order valence-corrected chi connectivity index (χ2v) is 5.71. The minimum Gasteiger partial charge on any atom is -0.496 e. The van der Waals surface area contributed by atoms with E-state index in [-0.39, 0.29) is 11.2 Å². The summed E-state index contributed by atoms with van der Waals surface area (Å²) < 4.78 is 5.22. The first kappa shape index (κ1) is 15.9. The number of thioether (sulfide) groups is 1. The maximum absolute atomic E-state index is 11.7. The van der Waals surface area contributed by atoms with Crippen LogP contribution in [0.3, 0.4) is 0 Å². The lowest BCUT2D eigenvalue weighted by atomic mass is 10.2. The number of aliphatic hydroxyl groups excluding tert-OH is 1. The largest absolute Gasteiger partial charge is 0.496 e. The fourth-order valence-electron chi connectivity index (χ4n) is 1.44. The van der Waals surface area contributed by atoms with E-state index in [1.54, 1.807) is 14.0 Å². The molecule has 2 atom stereocenters. The lowest BCUT2D eigenvalue weighted by Gasteiger charge is -2.14. The second-order valence-electron chi connectivity index (χ2n) is 4.35. The number of rotatable bonds is 7. The molecule has 0 aromatic heterocycles. The fourth-order valence-corrected chi connectivity index (χ4v) is 2.24. The molecule has 0 saturated carbocycles. The first-order valence-corrected chi connectivity index (χ1v) is 7.27. The van der Waals surface area contributed by atoms with Gasteiger partial charge < -0.3 is 15.2 Å². The highest BCUT2D eigenvalue weighted by atomic mass is 32.2. The fraction of sp³-hybridized carbons (Fsp3) is 0.500. The van der Waals surface area contributed by atoms with Gasteiger partial charge in [-0.2, -0.15) is 0 Å². The van der Waals surface area contributed by atoms with E-state index in [4.69, 9.17) is 4.74 Å². The van der Waals surface area contributed by atoms with Gasteiger partial charge in [-0.1, -0.05) is 25.1 Å². The number of carbonyl (C=O) groups excluding carboxylic acids is 1. The molecule has 0 spiro atoms. The number of ether oxygens (including phenoxy) is 1. The molecule has 1 aromatic rings. The maximum Gasteiger partial charge on any atom is 0.230 e. The molecule has 0 radical (unpaired) electrons. The van der Waals surface area contributed by atoms with Crippen LogP contribution in [0.1, 0.15) is 19.4 Å². The molecule has 0 bridgehead atoms. The number of para-hydroxylation sites is 1. The van der Waals surface area contributed by atoms with Crippen LogP contribution in [0.25, 0.3) is 0 Å². The summed E-state index contributed by atoms with van der Waals surface area (Å²) in [7, 11) is 1.61. The molecule has 1 amide bonds. The summed E-state index contributed by atoms with van der Waals surface area (Å²) in [5.74, 6) is 1.08. The SMILES string of the molecule is COc1ccccc1CNC(=O)CSC(C)C(C)O. The molecule has 0 heterocycles. The van der Waals surface area contributed by atoms with Crippen molar-refractivity contribution in [2.45, 2.75) is 31.7 Å². The van der Waals surface area contributed by atoms with Crippen LogP contribution in [0.15, 0.2) is 24.3 Å². The van der Waals surface area contributed by atoms with E-state index in [2.05, 4.69) is 5.32 Å². The van der Waals surface area contributed by atoms with Crippen LogP contribution in [-0.2, 0) is 11.3 Å². The number of benzene rings is 1. The Morgan fingerprint density at radius 1 is 1.42 bits per heavy atom. The van der Waals surface area contributed by atoms with Gasteiger partial charge in [-0.25, -0.2) is 0 Å². The Labute approximate surface area is 118 Å². The third-order valence-electron chi connectivity index (χ3n) is 2.83. The van der Waals surface area contributed by atoms with Gasteiger partial charge in [-0.3, -0.25) is 4.79 Å². The van der Waals surface area contributed by atoms with Crippen LogP contribution in [0.2, 0.25) is 0 Å². The third-order valence-corrected chi connectivity index (χ3v) is 4.17. The maximum atomic E-state index is 11.7. The molecule has 0 aliphatic rings. The molecule has 0 saturated heterocycles. The number of carbonyl (C=O) groups is 1. The van der Waals surface area contributed by atoms with E-state index in [1.165, 1.54) is 11.8 Å². The molecule has 1 aromatic carbocycles. The summed E-state index contributed by atoms with van der Waals surface area (Å²) >= 11 is 1.44. The second kappa shape index (κ2) is 8.07. The van der Waals surface area contributed by atoms with E-state index in [0.29, 0.717) is 12.3 Å². The summed E-state index contributed by atoms with van der Waals surface area (Å²) in [6.07, 6.45) is -0.410. The molecule has 2 unspecified atom stereocenters. The summed E-state index contributed by atoms with van der Waals surface area (Å²) in [5.41, 5.74) is 0.951. The predicted octanol–water partition coefficient (Wildman–Crippen LogP) is 1.81. The van der Waals surface area contributed by atoms with Crippen molar-refractivity contribution in [3.8, 4) is 5.75 Å². The standard InChI is InChI=1S/C14H21NO3S/c1-10(16)11(2)19-9-14(17)15-8-12-6-4-5-7-13(12)18-3/h4-7,10-11,16H,8-9H2,1-3H3,(H,15,17). The summed E-state index contributed by atoms with van der Waals surface area (Å²) in [5, 5.41) is 12.2. The number of hydrogen-bond acceptors (Lipinski definition) is 4.